The van der Waals surface area contributed by atoms with Crippen LogP contribution in [0.4, 0.5) is 0 Å². The predicted octanol–water partition coefficient (Wildman–Crippen LogP) is 2.05. The Hall–Kier alpha value is -1.18. The Kier molecular flexibility index (Phi) is 4.95. The van der Waals surface area contributed by atoms with Gasteiger partial charge in [-0.15, -0.1) is 0 Å². The molecule has 0 radical (unpaired) electrons. The quantitative estimate of drug-likeness (QED) is 0.795. The molecule has 2 rings (SSSR count). The molecule has 0 saturated carbocycles. The summed E-state index contributed by atoms with van der Waals surface area (Å²) in [6.07, 6.45) is 1.97. The Bertz CT molecular complexity index is 628. The van der Waals surface area contributed by atoms with Crippen molar-refractivity contribution in [3.05, 3.63) is 10.5 Å². The number of aromatic nitrogens is 4. The summed E-state index contributed by atoms with van der Waals surface area (Å²) < 4.78 is 15.2. The Morgan fingerprint density at radius 1 is 1.40 bits per heavy atom. The van der Waals surface area contributed by atoms with Crippen molar-refractivity contribution in [1.29, 1.82) is 0 Å². The zero-order valence-corrected chi connectivity index (χ0v) is 13.3. The molecule has 0 aliphatic rings. The molecule has 0 fully saturated rings. The van der Waals surface area contributed by atoms with Crippen LogP contribution in [-0.2, 0) is 29.5 Å². The Balaban J connectivity index is 2.43. The first-order chi connectivity index (χ1) is 9.62. The highest BCUT2D eigenvalue weighted by Gasteiger charge is 2.17. The molecule has 112 valence electrons. The van der Waals surface area contributed by atoms with E-state index in [1.54, 1.807) is 14.2 Å². The average Bonchev–Trinajstić information content (AvgIpc) is 2.89. The van der Waals surface area contributed by atoms with Gasteiger partial charge in [0.25, 0.3) is 0 Å². The summed E-state index contributed by atoms with van der Waals surface area (Å²) in [6, 6.07) is 0. The largest absolute Gasteiger partial charge is 0.382 e. The molecule has 1 N–H and O–H groups in total. The molecular formula is C13H22N4O2S. The summed E-state index contributed by atoms with van der Waals surface area (Å²) in [5.74, 6) is 0. The minimum atomic E-state index is -0.0322. The van der Waals surface area contributed by atoms with Crippen LogP contribution < -0.4 is 0 Å². The Morgan fingerprint density at radius 2 is 2.15 bits per heavy atom. The average molecular weight is 298 g/mol. The standard InChI is InChI=1S/C13H22N4O2S/c1-5-6-10-11-12(16(2)15-10)17(13(20)14-11)7-9(19-4)8-18-3/h9H,5-8H2,1-4H3,(H,14,20). The van der Waals surface area contributed by atoms with Gasteiger partial charge in [-0.05, 0) is 18.6 Å². The van der Waals surface area contributed by atoms with Crippen LogP contribution in [0.3, 0.4) is 0 Å². The summed E-state index contributed by atoms with van der Waals surface area (Å²) in [7, 11) is 5.29. The highest BCUT2D eigenvalue weighted by molar-refractivity contribution is 7.71. The van der Waals surface area contributed by atoms with Crippen molar-refractivity contribution in [1.82, 2.24) is 19.3 Å². The molecule has 0 saturated heterocycles. The fraction of sp³-hybridized carbons (Fsp3) is 0.692. The van der Waals surface area contributed by atoms with Gasteiger partial charge in [0.1, 0.15) is 5.52 Å². The van der Waals surface area contributed by atoms with E-state index in [0.717, 1.165) is 29.7 Å². The predicted molar refractivity (Wildman–Crippen MR) is 80.6 cm³/mol. The van der Waals surface area contributed by atoms with Crippen molar-refractivity contribution in [3.63, 3.8) is 0 Å². The number of H-pyrrole nitrogens is 1. The second kappa shape index (κ2) is 6.51. The summed E-state index contributed by atoms with van der Waals surface area (Å²) in [4.78, 5) is 3.27. The molecular weight excluding hydrogens is 276 g/mol. The molecule has 2 heterocycles. The van der Waals surface area contributed by atoms with Crippen LogP contribution in [-0.4, -0.2) is 46.3 Å². The van der Waals surface area contributed by atoms with Gasteiger partial charge in [0.05, 0.1) is 24.9 Å². The lowest BCUT2D eigenvalue weighted by molar-refractivity contribution is 0.0186. The number of aryl methyl sites for hydroxylation is 2. The number of nitrogens with one attached hydrogen (secondary N) is 1. The normalized spacial score (nSPS) is 13.2. The molecule has 0 aliphatic carbocycles. The van der Waals surface area contributed by atoms with Crippen LogP contribution in [0.1, 0.15) is 19.0 Å². The van der Waals surface area contributed by atoms with Gasteiger partial charge in [-0.1, -0.05) is 13.3 Å². The summed E-state index contributed by atoms with van der Waals surface area (Å²) in [5, 5.41) is 4.57. The van der Waals surface area contributed by atoms with Gasteiger partial charge in [-0.3, -0.25) is 9.25 Å². The number of ether oxygens (including phenoxy) is 2. The van der Waals surface area contributed by atoms with E-state index >= 15 is 0 Å². The van der Waals surface area contributed by atoms with E-state index in [0.29, 0.717) is 17.9 Å². The molecule has 7 heteroatoms. The van der Waals surface area contributed by atoms with E-state index in [2.05, 4.69) is 17.0 Å². The van der Waals surface area contributed by atoms with E-state index in [1.165, 1.54) is 0 Å². The first-order valence-corrected chi connectivity index (χ1v) is 7.19. The fourth-order valence-corrected chi connectivity index (χ4v) is 2.71. The van der Waals surface area contributed by atoms with Crippen molar-refractivity contribution in [2.45, 2.75) is 32.4 Å². The molecule has 20 heavy (non-hydrogen) atoms. The minimum Gasteiger partial charge on any atom is -0.382 e. The van der Waals surface area contributed by atoms with Gasteiger partial charge in [0, 0.05) is 21.3 Å². The highest BCUT2D eigenvalue weighted by atomic mass is 32.1. The lowest BCUT2D eigenvalue weighted by Crippen LogP contribution is -2.24. The lowest BCUT2D eigenvalue weighted by Gasteiger charge is -2.15. The second-order valence-corrected chi connectivity index (χ2v) is 5.26. The molecule has 2 aromatic rings. The maximum absolute atomic E-state index is 5.43. The van der Waals surface area contributed by atoms with Crippen LogP contribution in [0.2, 0.25) is 0 Å². The van der Waals surface area contributed by atoms with E-state index in [4.69, 9.17) is 21.7 Å². The maximum Gasteiger partial charge on any atom is 0.179 e. The highest BCUT2D eigenvalue weighted by Crippen LogP contribution is 2.19. The molecule has 0 aliphatic heterocycles. The summed E-state index contributed by atoms with van der Waals surface area (Å²) in [5.41, 5.74) is 3.11. The third-order valence-corrected chi connectivity index (χ3v) is 3.70. The molecule has 6 nitrogen and oxygen atoms in total. The number of nitrogens with zero attached hydrogens (tertiary/aromatic N) is 3. The molecule has 0 spiro atoms. The lowest BCUT2D eigenvalue weighted by atomic mass is 10.2. The van der Waals surface area contributed by atoms with Gasteiger partial charge < -0.3 is 14.5 Å². The molecule has 2 aromatic heterocycles. The monoisotopic (exact) mass is 298 g/mol. The number of hydrogen-bond acceptors (Lipinski definition) is 4. The van der Waals surface area contributed by atoms with Crippen molar-refractivity contribution in [3.8, 4) is 0 Å². The maximum atomic E-state index is 5.43. The van der Waals surface area contributed by atoms with Gasteiger partial charge in [0.15, 0.2) is 10.4 Å². The van der Waals surface area contributed by atoms with Gasteiger partial charge in [-0.25, -0.2) is 0 Å². The SMILES string of the molecule is CCCc1nn(C)c2c1[nH]c(=S)n2CC(COC)OC. The first-order valence-electron chi connectivity index (χ1n) is 6.78. The third kappa shape index (κ3) is 2.79. The van der Waals surface area contributed by atoms with Crippen LogP contribution in [0.25, 0.3) is 11.2 Å². The van der Waals surface area contributed by atoms with Crippen molar-refractivity contribution in [2.24, 2.45) is 7.05 Å². The minimum absolute atomic E-state index is 0.0322. The first kappa shape index (κ1) is 15.2. The van der Waals surface area contributed by atoms with Gasteiger partial charge >= 0.3 is 0 Å². The third-order valence-electron chi connectivity index (χ3n) is 3.38. The van der Waals surface area contributed by atoms with E-state index in [9.17, 15) is 0 Å². The van der Waals surface area contributed by atoms with E-state index < -0.39 is 0 Å². The zero-order valence-electron chi connectivity index (χ0n) is 12.5. The number of fused-ring (bicyclic) bond motifs is 1. The number of rotatable bonds is 7. The number of imidazole rings is 1. The van der Waals surface area contributed by atoms with Gasteiger partial charge in [-0.2, -0.15) is 5.10 Å². The number of hydrogen-bond donors (Lipinski definition) is 1. The van der Waals surface area contributed by atoms with Crippen LogP contribution in [0.5, 0.6) is 0 Å². The van der Waals surface area contributed by atoms with E-state index in [-0.39, 0.29) is 6.10 Å². The molecule has 0 aromatic carbocycles. The molecule has 0 amide bonds. The fourth-order valence-electron chi connectivity index (χ4n) is 2.44. The summed E-state index contributed by atoms with van der Waals surface area (Å²) >= 11 is 5.43. The van der Waals surface area contributed by atoms with Crippen molar-refractivity contribution >= 4 is 23.4 Å². The van der Waals surface area contributed by atoms with E-state index in [1.807, 2.05) is 16.3 Å². The molecule has 0 bridgehead atoms. The zero-order chi connectivity index (χ0) is 14.7. The molecule has 1 unspecified atom stereocenters. The summed E-state index contributed by atoms with van der Waals surface area (Å²) in [6.45, 7) is 3.32. The Morgan fingerprint density at radius 3 is 2.75 bits per heavy atom. The smallest absolute Gasteiger partial charge is 0.179 e. The Labute approximate surface area is 123 Å². The van der Waals surface area contributed by atoms with Crippen LogP contribution >= 0.6 is 12.2 Å². The number of aromatic amines is 1. The van der Waals surface area contributed by atoms with Crippen LogP contribution in [0, 0.1) is 4.77 Å². The van der Waals surface area contributed by atoms with Gasteiger partial charge in [0.2, 0.25) is 0 Å². The van der Waals surface area contributed by atoms with Crippen molar-refractivity contribution in [2.75, 3.05) is 20.8 Å². The number of methoxy groups -OCH3 is 2. The second-order valence-electron chi connectivity index (χ2n) is 4.87. The molecule has 1 atom stereocenters. The topological polar surface area (TPSA) is 57.0 Å². The van der Waals surface area contributed by atoms with Crippen molar-refractivity contribution < 1.29 is 9.47 Å². The van der Waals surface area contributed by atoms with Crippen LogP contribution in [0.15, 0.2) is 0 Å².